The lowest BCUT2D eigenvalue weighted by molar-refractivity contribution is -0.131. The Balaban J connectivity index is 3.05. The summed E-state index contributed by atoms with van der Waals surface area (Å²) in [5, 5.41) is 8.47. The average Bonchev–Trinajstić information content (AvgIpc) is 2.14. The molecule has 0 aromatic heterocycles. The van der Waals surface area contributed by atoms with Gasteiger partial charge in [0.25, 0.3) is 5.78 Å². The highest BCUT2D eigenvalue weighted by molar-refractivity contribution is 7.92. The number of Topliss-reactive ketones (excluding diaryl/α,β-unsaturated/α-hetero) is 1. The van der Waals surface area contributed by atoms with E-state index >= 15 is 0 Å². The number of ketones is 1. The van der Waals surface area contributed by atoms with E-state index in [0.29, 0.717) is 0 Å². The van der Waals surface area contributed by atoms with Gasteiger partial charge in [-0.1, -0.05) is 12.1 Å². The van der Waals surface area contributed by atoms with E-state index in [1.165, 1.54) is 18.2 Å². The van der Waals surface area contributed by atoms with Gasteiger partial charge in [-0.15, -0.1) is 0 Å². The van der Waals surface area contributed by atoms with Gasteiger partial charge < -0.3 is 5.11 Å². The van der Waals surface area contributed by atoms with Gasteiger partial charge in [-0.05, 0) is 12.1 Å². The van der Waals surface area contributed by atoms with Crippen molar-refractivity contribution in [3.05, 3.63) is 29.8 Å². The molecule has 86 valence electrons. The second-order valence-corrected chi connectivity index (χ2v) is 4.84. The van der Waals surface area contributed by atoms with E-state index in [1.807, 2.05) is 0 Å². The maximum atomic E-state index is 11.1. The van der Waals surface area contributed by atoms with Crippen molar-refractivity contribution in [3.8, 4) is 0 Å². The predicted molar refractivity (Wildman–Crippen MR) is 56.9 cm³/mol. The Labute approximate surface area is 92.0 Å². The molecule has 6 nitrogen and oxygen atoms in total. The summed E-state index contributed by atoms with van der Waals surface area (Å²) in [6.07, 6.45) is 0.957. The van der Waals surface area contributed by atoms with E-state index in [-0.39, 0.29) is 11.3 Å². The van der Waals surface area contributed by atoms with Crippen LogP contribution < -0.4 is 4.72 Å². The van der Waals surface area contributed by atoms with E-state index in [0.717, 1.165) is 12.3 Å². The lowest BCUT2D eigenvalue weighted by Crippen LogP contribution is -2.14. The Bertz CT molecular complexity index is 535. The van der Waals surface area contributed by atoms with Crippen LogP contribution in [-0.4, -0.2) is 31.5 Å². The largest absolute Gasteiger partial charge is 0.475 e. The molecule has 0 aliphatic rings. The summed E-state index contributed by atoms with van der Waals surface area (Å²) < 4.78 is 23.9. The average molecular weight is 243 g/mol. The van der Waals surface area contributed by atoms with Crippen LogP contribution in [0.3, 0.4) is 0 Å². The summed E-state index contributed by atoms with van der Waals surface area (Å²) >= 11 is 0. The SMILES string of the molecule is CS(=O)(=O)Nc1cccc(C(=O)C(=O)O)c1. The van der Waals surface area contributed by atoms with Gasteiger partial charge in [-0.3, -0.25) is 9.52 Å². The van der Waals surface area contributed by atoms with E-state index in [1.54, 1.807) is 0 Å². The summed E-state index contributed by atoms with van der Waals surface area (Å²) in [4.78, 5) is 21.5. The first-order valence-corrected chi connectivity index (χ1v) is 6.04. The molecule has 0 unspecified atom stereocenters. The molecule has 0 saturated heterocycles. The molecule has 0 radical (unpaired) electrons. The minimum Gasteiger partial charge on any atom is -0.475 e. The molecule has 1 aromatic rings. The van der Waals surface area contributed by atoms with Crippen LogP contribution in [0.15, 0.2) is 24.3 Å². The van der Waals surface area contributed by atoms with E-state index in [4.69, 9.17) is 5.11 Å². The standard InChI is InChI=1S/C9H9NO5S/c1-16(14,15)10-7-4-2-3-6(5-7)8(11)9(12)13/h2-5,10H,1H3,(H,12,13). The number of hydrogen-bond donors (Lipinski definition) is 2. The van der Waals surface area contributed by atoms with Crippen LogP contribution >= 0.6 is 0 Å². The number of benzene rings is 1. The van der Waals surface area contributed by atoms with Crippen molar-refractivity contribution in [3.63, 3.8) is 0 Å². The summed E-state index contributed by atoms with van der Waals surface area (Å²) in [6.45, 7) is 0. The molecule has 1 aromatic carbocycles. The summed E-state index contributed by atoms with van der Waals surface area (Å²) in [6, 6.07) is 5.27. The Morgan fingerprint density at radius 1 is 1.31 bits per heavy atom. The zero-order valence-electron chi connectivity index (χ0n) is 8.30. The normalized spacial score (nSPS) is 10.8. The lowest BCUT2D eigenvalue weighted by Gasteiger charge is -2.04. The fourth-order valence-corrected chi connectivity index (χ4v) is 1.62. The molecule has 0 heterocycles. The number of aliphatic carboxylic acids is 1. The molecule has 0 aliphatic carbocycles. The highest BCUT2D eigenvalue weighted by Crippen LogP contribution is 2.12. The van der Waals surface area contributed by atoms with Gasteiger partial charge in [0.15, 0.2) is 0 Å². The third kappa shape index (κ3) is 3.35. The van der Waals surface area contributed by atoms with Gasteiger partial charge in [-0.25, -0.2) is 13.2 Å². The molecule has 0 amide bonds. The van der Waals surface area contributed by atoms with Crippen LogP contribution in [0.5, 0.6) is 0 Å². The Hall–Kier alpha value is -1.89. The number of carboxylic acid groups (broad SMARTS) is 1. The molecule has 1 rings (SSSR count). The number of hydrogen-bond acceptors (Lipinski definition) is 4. The van der Waals surface area contributed by atoms with Crippen LogP contribution in [0, 0.1) is 0 Å². The van der Waals surface area contributed by atoms with Crippen LogP contribution in [0.2, 0.25) is 0 Å². The zero-order chi connectivity index (χ0) is 12.3. The zero-order valence-corrected chi connectivity index (χ0v) is 9.11. The highest BCUT2D eigenvalue weighted by Gasteiger charge is 2.14. The molecule has 0 atom stereocenters. The first kappa shape index (κ1) is 12.2. The molecule has 0 aliphatic heterocycles. The number of carboxylic acids is 1. The van der Waals surface area contributed by atoms with E-state index in [9.17, 15) is 18.0 Å². The Morgan fingerprint density at radius 2 is 1.94 bits per heavy atom. The number of rotatable bonds is 4. The third-order valence-electron chi connectivity index (χ3n) is 1.62. The van der Waals surface area contributed by atoms with E-state index < -0.39 is 21.8 Å². The Morgan fingerprint density at radius 3 is 2.44 bits per heavy atom. The maximum Gasteiger partial charge on any atom is 0.377 e. The van der Waals surface area contributed by atoms with Crippen LogP contribution in [0.4, 0.5) is 5.69 Å². The molecule has 16 heavy (non-hydrogen) atoms. The molecule has 0 fully saturated rings. The minimum absolute atomic E-state index is 0.0823. The first-order chi connectivity index (χ1) is 7.29. The molecule has 0 saturated carbocycles. The van der Waals surface area contributed by atoms with E-state index in [2.05, 4.69) is 4.72 Å². The topological polar surface area (TPSA) is 101 Å². The van der Waals surface area contributed by atoms with Crippen molar-refractivity contribution in [2.75, 3.05) is 11.0 Å². The second kappa shape index (κ2) is 4.31. The molecular formula is C9H9NO5S. The Kier molecular flexibility index (Phi) is 3.28. The fraction of sp³-hybridized carbons (Fsp3) is 0.111. The van der Waals surface area contributed by atoms with Gasteiger partial charge in [0, 0.05) is 11.3 Å². The van der Waals surface area contributed by atoms with Crippen LogP contribution in [0.1, 0.15) is 10.4 Å². The second-order valence-electron chi connectivity index (χ2n) is 3.09. The summed E-state index contributed by atoms with van der Waals surface area (Å²) in [5.74, 6) is -2.67. The molecule has 7 heteroatoms. The molecule has 0 bridgehead atoms. The molecule has 2 N–H and O–H groups in total. The lowest BCUT2D eigenvalue weighted by atomic mass is 10.1. The van der Waals surface area contributed by atoms with Crippen molar-refractivity contribution < 1.29 is 23.1 Å². The van der Waals surface area contributed by atoms with Gasteiger partial charge in [0.05, 0.1) is 6.26 Å². The minimum atomic E-state index is -3.45. The summed E-state index contributed by atoms with van der Waals surface area (Å²) in [7, 11) is -3.45. The van der Waals surface area contributed by atoms with Crippen LogP contribution in [-0.2, 0) is 14.8 Å². The first-order valence-electron chi connectivity index (χ1n) is 4.15. The number of anilines is 1. The van der Waals surface area contributed by atoms with Gasteiger partial charge >= 0.3 is 5.97 Å². The maximum absolute atomic E-state index is 11.1. The van der Waals surface area contributed by atoms with Gasteiger partial charge in [0.2, 0.25) is 10.0 Å². The number of nitrogens with one attached hydrogen (secondary N) is 1. The van der Waals surface area contributed by atoms with Crippen molar-refractivity contribution in [1.29, 1.82) is 0 Å². The quantitative estimate of drug-likeness (QED) is 0.586. The number of carbonyl (C=O) groups excluding carboxylic acids is 1. The molecular weight excluding hydrogens is 234 g/mol. The number of carbonyl (C=O) groups is 2. The molecule has 0 spiro atoms. The van der Waals surface area contributed by atoms with Gasteiger partial charge in [0.1, 0.15) is 0 Å². The van der Waals surface area contributed by atoms with Crippen molar-refractivity contribution in [1.82, 2.24) is 0 Å². The fourth-order valence-electron chi connectivity index (χ4n) is 1.06. The van der Waals surface area contributed by atoms with Crippen molar-refractivity contribution in [2.45, 2.75) is 0 Å². The number of sulfonamides is 1. The monoisotopic (exact) mass is 243 g/mol. The third-order valence-corrected chi connectivity index (χ3v) is 2.23. The smallest absolute Gasteiger partial charge is 0.377 e. The van der Waals surface area contributed by atoms with Crippen LogP contribution in [0.25, 0.3) is 0 Å². The summed E-state index contributed by atoms with van der Waals surface area (Å²) in [5.41, 5.74) is 0.0655. The van der Waals surface area contributed by atoms with Gasteiger partial charge in [-0.2, -0.15) is 0 Å². The predicted octanol–water partition coefficient (Wildman–Crippen LogP) is 0.325. The highest BCUT2D eigenvalue weighted by atomic mass is 32.2. The van der Waals surface area contributed by atoms with Crippen molar-refractivity contribution >= 4 is 27.5 Å². The van der Waals surface area contributed by atoms with Crippen molar-refractivity contribution in [2.24, 2.45) is 0 Å².